The van der Waals surface area contributed by atoms with Gasteiger partial charge in [-0.15, -0.1) is 11.3 Å². The maximum Gasteiger partial charge on any atom is 0.272 e. The van der Waals surface area contributed by atoms with Crippen LogP contribution >= 0.6 is 11.3 Å². The second-order valence-corrected chi connectivity index (χ2v) is 6.72. The van der Waals surface area contributed by atoms with Gasteiger partial charge in [-0.3, -0.25) is 9.20 Å². The number of amides is 1. The lowest BCUT2D eigenvalue weighted by molar-refractivity contribution is 0.0694. The van der Waals surface area contributed by atoms with Crippen molar-refractivity contribution in [2.75, 3.05) is 20.3 Å². The van der Waals surface area contributed by atoms with E-state index in [1.54, 1.807) is 33.0 Å². The molecule has 1 atom stereocenters. The quantitative estimate of drug-likeness (QED) is 0.714. The molecule has 6 nitrogen and oxygen atoms in total. The Morgan fingerprint density at radius 1 is 1.50 bits per heavy atom. The van der Waals surface area contributed by atoms with Gasteiger partial charge in [0, 0.05) is 23.7 Å². The molecule has 8 heteroatoms. The van der Waals surface area contributed by atoms with Crippen molar-refractivity contribution in [2.24, 2.45) is 0 Å². The zero-order valence-corrected chi connectivity index (χ0v) is 14.7. The van der Waals surface area contributed by atoms with Crippen LogP contribution in [-0.4, -0.2) is 51.6 Å². The number of halogens is 1. The molecule has 0 spiro atoms. The summed E-state index contributed by atoms with van der Waals surface area (Å²) in [6.45, 7) is 0.350. The monoisotopic (exact) mass is 373 g/mol. The van der Waals surface area contributed by atoms with Crippen LogP contribution in [0, 0.1) is 5.82 Å². The third-order valence-corrected chi connectivity index (χ3v) is 5.22. The highest BCUT2D eigenvalue weighted by atomic mass is 32.1. The highest BCUT2D eigenvalue weighted by Gasteiger charge is 2.27. The number of nitrogens with zero attached hydrogens (tertiary/aromatic N) is 3. The Hall–Kier alpha value is -2.71. The molecule has 4 rings (SSSR count). The summed E-state index contributed by atoms with van der Waals surface area (Å²) in [5.41, 5.74) is 1.65. The van der Waals surface area contributed by atoms with Gasteiger partial charge >= 0.3 is 0 Å². The van der Waals surface area contributed by atoms with Crippen molar-refractivity contribution in [3.05, 3.63) is 53.4 Å². The van der Waals surface area contributed by atoms with Crippen molar-refractivity contribution in [1.29, 1.82) is 0 Å². The molecule has 0 fully saturated rings. The van der Waals surface area contributed by atoms with Crippen molar-refractivity contribution < 1.29 is 19.0 Å². The second kappa shape index (κ2) is 6.54. The molecule has 1 aliphatic heterocycles. The van der Waals surface area contributed by atoms with Crippen LogP contribution in [0.1, 0.15) is 10.5 Å². The first kappa shape index (κ1) is 16.7. The van der Waals surface area contributed by atoms with E-state index < -0.39 is 5.82 Å². The minimum absolute atomic E-state index is 0.115. The Balaban J connectivity index is 1.69. The molecule has 1 aromatic carbocycles. The van der Waals surface area contributed by atoms with E-state index in [0.29, 0.717) is 28.5 Å². The van der Waals surface area contributed by atoms with Gasteiger partial charge in [0.05, 0.1) is 25.5 Å². The Morgan fingerprint density at radius 2 is 2.35 bits per heavy atom. The number of hydrogen-bond acceptors (Lipinski definition) is 5. The summed E-state index contributed by atoms with van der Waals surface area (Å²) >= 11 is 1.34. The van der Waals surface area contributed by atoms with Gasteiger partial charge in [-0.2, -0.15) is 0 Å². The smallest absolute Gasteiger partial charge is 0.272 e. The van der Waals surface area contributed by atoms with E-state index in [4.69, 9.17) is 4.74 Å². The normalized spacial score (nSPS) is 16.6. The number of thiazole rings is 1. The lowest BCUT2D eigenvalue weighted by atomic mass is 10.1. The standard InChI is InChI=1S/C18H16FN3O3S/c1-25-16-5-4-11(7-13(16)19)14-8-22-15(10-26-18(22)20-14)17(24)21-6-2-3-12(21)9-23/h2-5,7-8,10,12,23H,6,9H2,1H3/t12-/m1/s1. The predicted molar refractivity (Wildman–Crippen MR) is 96.1 cm³/mol. The third-order valence-electron chi connectivity index (χ3n) is 4.38. The minimum atomic E-state index is -0.466. The number of fused-ring (bicyclic) bond motifs is 1. The Kier molecular flexibility index (Phi) is 4.21. The van der Waals surface area contributed by atoms with Gasteiger partial charge in [-0.05, 0) is 18.2 Å². The summed E-state index contributed by atoms with van der Waals surface area (Å²) in [5, 5.41) is 11.2. The van der Waals surface area contributed by atoms with Gasteiger partial charge < -0.3 is 14.7 Å². The van der Waals surface area contributed by atoms with Crippen LogP contribution in [0.2, 0.25) is 0 Å². The number of ether oxygens (including phenoxy) is 1. The van der Waals surface area contributed by atoms with Crippen LogP contribution in [0.4, 0.5) is 4.39 Å². The number of hydrogen-bond donors (Lipinski definition) is 1. The topological polar surface area (TPSA) is 67.1 Å². The number of carbonyl (C=O) groups excluding carboxylic acids is 1. The number of rotatable bonds is 4. The van der Waals surface area contributed by atoms with E-state index in [0.717, 1.165) is 0 Å². The fraction of sp³-hybridized carbons (Fsp3) is 0.222. The highest BCUT2D eigenvalue weighted by Crippen LogP contribution is 2.28. The van der Waals surface area contributed by atoms with Crippen molar-refractivity contribution in [3.63, 3.8) is 0 Å². The zero-order chi connectivity index (χ0) is 18.3. The first-order valence-corrected chi connectivity index (χ1v) is 8.89. The molecule has 134 valence electrons. The number of aliphatic hydroxyl groups is 1. The van der Waals surface area contributed by atoms with E-state index in [1.165, 1.54) is 24.5 Å². The molecule has 1 N–H and O–H groups in total. The van der Waals surface area contributed by atoms with Crippen molar-refractivity contribution in [1.82, 2.24) is 14.3 Å². The van der Waals surface area contributed by atoms with Gasteiger partial charge in [0.25, 0.3) is 5.91 Å². The molecule has 1 amide bonds. The fourth-order valence-electron chi connectivity index (χ4n) is 3.01. The summed E-state index contributed by atoms with van der Waals surface area (Å²) in [4.78, 5) is 19.6. The molecule has 2 aromatic heterocycles. The second-order valence-electron chi connectivity index (χ2n) is 5.88. The average molecular weight is 373 g/mol. The molecule has 0 saturated carbocycles. The summed E-state index contributed by atoms with van der Waals surface area (Å²) < 4.78 is 20.6. The molecular weight excluding hydrogens is 357 g/mol. The van der Waals surface area contributed by atoms with Gasteiger partial charge in [-0.1, -0.05) is 12.2 Å². The Labute approximate surface area is 152 Å². The van der Waals surface area contributed by atoms with E-state index in [-0.39, 0.29) is 24.3 Å². The lowest BCUT2D eigenvalue weighted by Gasteiger charge is -2.22. The van der Waals surface area contributed by atoms with Crippen LogP contribution in [0.3, 0.4) is 0 Å². The number of aliphatic hydroxyl groups excluding tert-OH is 1. The van der Waals surface area contributed by atoms with E-state index in [2.05, 4.69) is 4.98 Å². The third kappa shape index (κ3) is 2.67. The van der Waals surface area contributed by atoms with E-state index in [1.807, 2.05) is 12.2 Å². The van der Waals surface area contributed by atoms with Gasteiger partial charge in [0.1, 0.15) is 5.69 Å². The van der Waals surface area contributed by atoms with Crippen molar-refractivity contribution in [2.45, 2.75) is 6.04 Å². The molecule has 26 heavy (non-hydrogen) atoms. The minimum Gasteiger partial charge on any atom is -0.494 e. The molecule has 3 heterocycles. The molecular formula is C18H16FN3O3S. The fourth-order valence-corrected chi connectivity index (χ4v) is 3.86. The first-order valence-electron chi connectivity index (χ1n) is 8.01. The molecule has 0 saturated heterocycles. The average Bonchev–Trinajstić information content (AvgIpc) is 3.35. The summed E-state index contributed by atoms with van der Waals surface area (Å²) in [6, 6.07) is 4.32. The van der Waals surface area contributed by atoms with Gasteiger partial charge in [-0.25, -0.2) is 9.37 Å². The summed E-state index contributed by atoms with van der Waals surface area (Å²) in [6.07, 6.45) is 5.40. The molecule has 0 bridgehead atoms. The van der Waals surface area contributed by atoms with Crippen LogP contribution in [0.5, 0.6) is 5.75 Å². The first-order chi connectivity index (χ1) is 12.6. The van der Waals surface area contributed by atoms with Crippen LogP contribution in [-0.2, 0) is 0 Å². The zero-order valence-electron chi connectivity index (χ0n) is 13.9. The Morgan fingerprint density at radius 3 is 3.08 bits per heavy atom. The van der Waals surface area contributed by atoms with Gasteiger partial charge in [0.15, 0.2) is 16.5 Å². The maximum atomic E-state index is 14.0. The van der Waals surface area contributed by atoms with Crippen LogP contribution in [0.15, 0.2) is 41.9 Å². The number of aromatic nitrogens is 2. The van der Waals surface area contributed by atoms with Gasteiger partial charge in [0.2, 0.25) is 0 Å². The van der Waals surface area contributed by atoms with E-state index in [9.17, 15) is 14.3 Å². The molecule has 1 aliphatic rings. The molecule has 0 unspecified atom stereocenters. The number of methoxy groups -OCH3 is 1. The number of benzene rings is 1. The van der Waals surface area contributed by atoms with Crippen molar-refractivity contribution >= 4 is 22.2 Å². The maximum absolute atomic E-state index is 14.0. The summed E-state index contributed by atoms with van der Waals surface area (Å²) in [7, 11) is 1.41. The van der Waals surface area contributed by atoms with Crippen molar-refractivity contribution in [3.8, 4) is 17.0 Å². The van der Waals surface area contributed by atoms with E-state index >= 15 is 0 Å². The summed E-state index contributed by atoms with van der Waals surface area (Å²) in [5.74, 6) is -0.473. The molecule has 0 aliphatic carbocycles. The number of imidazole rings is 1. The van der Waals surface area contributed by atoms with Crippen LogP contribution < -0.4 is 4.74 Å². The molecule has 3 aromatic rings. The SMILES string of the molecule is COc1ccc(-c2cn3c(C(=O)N4CC=C[C@@H]4CO)csc3n2)cc1F. The highest BCUT2D eigenvalue weighted by molar-refractivity contribution is 7.15. The predicted octanol–water partition coefficient (Wildman–Crippen LogP) is 2.58. The lowest BCUT2D eigenvalue weighted by Crippen LogP contribution is -2.38. The largest absolute Gasteiger partial charge is 0.494 e. The Bertz CT molecular complexity index is 1010. The molecule has 0 radical (unpaired) electrons. The number of carbonyl (C=O) groups is 1. The van der Waals surface area contributed by atoms with Crippen LogP contribution in [0.25, 0.3) is 16.2 Å².